The van der Waals surface area contributed by atoms with Gasteiger partial charge in [0.2, 0.25) is 0 Å². The summed E-state index contributed by atoms with van der Waals surface area (Å²) in [6.07, 6.45) is 5.41. The van der Waals surface area contributed by atoms with Gasteiger partial charge in [-0.1, -0.05) is 19.9 Å². The quantitative estimate of drug-likeness (QED) is 0.845. The van der Waals surface area contributed by atoms with Crippen molar-refractivity contribution in [3.63, 3.8) is 0 Å². The fourth-order valence-electron chi connectivity index (χ4n) is 2.80. The molecule has 1 aromatic carbocycles. The Hall–Kier alpha value is -0.960. The molecule has 1 aromatic rings. The van der Waals surface area contributed by atoms with Crippen LogP contribution in [0.2, 0.25) is 0 Å². The molecule has 1 amide bonds. The van der Waals surface area contributed by atoms with Crippen LogP contribution in [0.5, 0.6) is 0 Å². The van der Waals surface area contributed by atoms with Crippen molar-refractivity contribution in [2.45, 2.75) is 51.0 Å². The van der Waals surface area contributed by atoms with Crippen molar-refractivity contribution >= 4 is 17.7 Å². The summed E-state index contributed by atoms with van der Waals surface area (Å²) in [7, 11) is 0. The van der Waals surface area contributed by atoms with Gasteiger partial charge in [0.25, 0.3) is 5.91 Å². The minimum atomic E-state index is 0.0797. The average Bonchev–Trinajstić information content (AvgIpc) is 2.69. The summed E-state index contributed by atoms with van der Waals surface area (Å²) in [6.45, 7) is 6.55. The predicted octanol–water partition coefficient (Wildman–Crippen LogP) is 4.03. The lowest BCUT2D eigenvalue weighted by molar-refractivity contribution is 0.0935. The highest BCUT2D eigenvalue weighted by atomic mass is 32.2. The average molecular weight is 277 g/mol. The van der Waals surface area contributed by atoms with Gasteiger partial charge in [-0.2, -0.15) is 0 Å². The Balaban J connectivity index is 2.08. The first-order chi connectivity index (χ1) is 8.91. The van der Waals surface area contributed by atoms with E-state index in [9.17, 15) is 4.79 Å². The normalized spacial score (nSPS) is 21.4. The van der Waals surface area contributed by atoms with Crippen LogP contribution in [0.15, 0.2) is 23.1 Å². The summed E-state index contributed by atoms with van der Waals surface area (Å²) >= 11 is 1.67. The first-order valence-corrected chi connectivity index (χ1v) is 8.09. The molecule has 0 spiro atoms. The summed E-state index contributed by atoms with van der Waals surface area (Å²) in [4.78, 5) is 13.5. The number of carbonyl (C=O) groups excluding carboxylic acids is 1. The zero-order chi connectivity index (χ0) is 14.0. The topological polar surface area (TPSA) is 29.1 Å². The second-order valence-corrected chi connectivity index (χ2v) is 7.14. The Bertz CT molecular complexity index is 482. The highest BCUT2D eigenvalue weighted by Crippen LogP contribution is 2.37. The third-order valence-electron chi connectivity index (χ3n) is 3.99. The van der Waals surface area contributed by atoms with Gasteiger partial charge in [0.1, 0.15) is 0 Å². The lowest BCUT2D eigenvalue weighted by atomic mass is 9.92. The molecule has 0 aliphatic heterocycles. The number of carbonyl (C=O) groups is 1. The largest absolute Gasteiger partial charge is 0.349 e. The lowest BCUT2D eigenvalue weighted by Gasteiger charge is -2.18. The van der Waals surface area contributed by atoms with Crippen molar-refractivity contribution in [3.8, 4) is 0 Å². The number of rotatable bonds is 3. The SMILES string of the molecule is CSc1ccc(C)c(C(=O)NC2CCC(C)(C)C2)c1. The molecule has 0 radical (unpaired) electrons. The van der Waals surface area contributed by atoms with Crippen molar-refractivity contribution in [1.82, 2.24) is 5.32 Å². The van der Waals surface area contributed by atoms with E-state index in [1.165, 1.54) is 6.42 Å². The number of hydrogen-bond acceptors (Lipinski definition) is 2. The van der Waals surface area contributed by atoms with E-state index in [1.807, 2.05) is 25.3 Å². The minimum Gasteiger partial charge on any atom is -0.349 e. The van der Waals surface area contributed by atoms with Gasteiger partial charge in [0, 0.05) is 16.5 Å². The van der Waals surface area contributed by atoms with Crippen LogP contribution < -0.4 is 5.32 Å². The molecule has 1 aliphatic carbocycles. The van der Waals surface area contributed by atoms with Crippen molar-refractivity contribution in [3.05, 3.63) is 29.3 Å². The van der Waals surface area contributed by atoms with E-state index in [1.54, 1.807) is 11.8 Å². The molecular formula is C16H23NOS. The second-order valence-electron chi connectivity index (χ2n) is 6.26. The standard InChI is InChI=1S/C16H23NOS/c1-11-5-6-13(19-4)9-14(11)15(18)17-12-7-8-16(2,3)10-12/h5-6,9,12H,7-8,10H2,1-4H3,(H,17,18). The van der Waals surface area contributed by atoms with E-state index < -0.39 is 0 Å². The van der Waals surface area contributed by atoms with E-state index in [-0.39, 0.29) is 5.91 Å². The van der Waals surface area contributed by atoms with Crippen LogP contribution in [0.25, 0.3) is 0 Å². The molecule has 0 heterocycles. The zero-order valence-corrected chi connectivity index (χ0v) is 13.1. The molecule has 2 nitrogen and oxygen atoms in total. The van der Waals surface area contributed by atoms with Gasteiger partial charge in [-0.15, -0.1) is 11.8 Å². The van der Waals surface area contributed by atoms with E-state index in [4.69, 9.17) is 0 Å². The molecule has 104 valence electrons. The van der Waals surface area contributed by atoms with E-state index >= 15 is 0 Å². The van der Waals surface area contributed by atoms with Crippen LogP contribution in [0.4, 0.5) is 0 Å². The van der Waals surface area contributed by atoms with Crippen LogP contribution in [0.1, 0.15) is 49.0 Å². The third kappa shape index (κ3) is 3.53. The van der Waals surface area contributed by atoms with E-state index in [0.29, 0.717) is 11.5 Å². The Morgan fingerprint density at radius 3 is 2.74 bits per heavy atom. The molecule has 1 atom stereocenters. The Morgan fingerprint density at radius 1 is 1.42 bits per heavy atom. The molecule has 0 saturated heterocycles. The van der Waals surface area contributed by atoms with Crippen molar-refractivity contribution in [2.75, 3.05) is 6.26 Å². The van der Waals surface area contributed by atoms with Crippen LogP contribution in [0.3, 0.4) is 0 Å². The van der Waals surface area contributed by atoms with Crippen LogP contribution in [0, 0.1) is 12.3 Å². The highest BCUT2D eigenvalue weighted by Gasteiger charge is 2.31. The number of thioether (sulfide) groups is 1. The molecule has 1 saturated carbocycles. The Kier molecular flexibility index (Phi) is 4.24. The smallest absolute Gasteiger partial charge is 0.251 e. The molecule has 1 N–H and O–H groups in total. The maximum Gasteiger partial charge on any atom is 0.251 e. The Morgan fingerprint density at radius 2 is 2.16 bits per heavy atom. The zero-order valence-electron chi connectivity index (χ0n) is 12.2. The highest BCUT2D eigenvalue weighted by molar-refractivity contribution is 7.98. The monoisotopic (exact) mass is 277 g/mol. The van der Waals surface area contributed by atoms with Gasteiger partial charge in [0.05, 0.1) is 0 Å². The van der Waals surface area contributed by atoms with E-state index in [0.717, 1.165) is 28.9 Å². The number of aryl methyl sites for hydroxylation is 1. The first kappa shape index (κ1) is 14.4. The molecule has 2 rings (SSSR count). The van der Waals surface area contributed by atoms with Crippen LogP contribution >= 0.6 is 11.8 Å². The van der Waals surface area contributed by atoms with Gasteiger partial charge in [-0.3, -0.25) is 4.79 Å². The van der Waals surface area contributed by atoms with Crippen LogP contribution in [-0.4, -0.2) is 18.2 Å². The molecular weight excluding hydrogens is 254 g/mol. The van der Waals surface area contributed by atoms with Gasteiger partial charge in [0.15, 0.2) is 0 Å². The summed E-state index contributed by atoms with van der Waals surface area (Å²) < 4.78 is 0. The summed E-state index contributed by atoms with van der Waals surface area (Å²) in [5.74, 6) is 0.0797. The van der Waals surface area contributed by atoms with Crippen molar-refractivity contribution in [1.29, 1.82) is 0 Å². The maximum atomic E-state index is 12.4. The van der Waals surface area contributed by atoms with E-state index in [2.05, 4.69) is 25.2 Å². The predicted molar refractivity (Wildman–Crippen MR) is 81.8 cm³/mol. The van der Waals surface area contributed by atoms with Crippen molar-refractivity contribution in [2.24, 2.45) is 5.41 Å². The van der Waals surface area contributed by atoms with Gasteiger partial charge in [-0.05, 0) is 55.6 Å². The number of nitrogens with one attached hydrogen (secondary N) is 1. The summed E-state index contributed by atoms with van der Waals surface area (Å²) in [6, 6.07) is 6.42. The van der Waals surface area contributed by atoms with Crippen LogP contribution in [-0.2, 0) is 0 Å². The molecule has 1 unspecified atom stereocenters. The maximum absolute atomic E-state index is 12.4. The molecule has 0 bridgehead atoms. The van der Waals surface area contributed by atoms with Gasteiger partial charge in [-0.25, -0.2) is 0 Å². The molecule has 19 heavy (non-hydrogen) atoms. The first-order valence-electron chi connectivity index (χ1n) is 6.87. The lowest BCUT2D eigenvalue weighted by Crippen LogP contribution is -2.33. The third-order valence-corrected chi connectivity index (χ3v) is 4.72. The second kappa shape index (κ2) is 5.58. The number of hydrogen-bond donors (Lipinski definition) is 1. The fourth-order valence-corrected chi connectivity index (χ4v) is 3.24. The van der Waals surface area contributed by atoms with Gasteiger partial charge < -0.3 is 5.32 Å². The molecule has 1 fully saturated rings. The summed E-state index contributed by atoms with van der Waals surface area (Å²) in [5.41, 5.74) is 2.23. The van der Waals surface area contributed by atoms with Crippen molar-refractivity contribution < 1.29 is 4.79 Å². The molecule has 1 aliphatic rings. The Labute approximate surface area is 120 Å². The number of benzene rings is 1. The summed E-state index contributed by atoms with van der Waals surface area (Å²) in [5, 5.41) is 3.19. The molecule has 3 heteroatoms. The van der Waals surface area contributed by atoms with Gasteiger partial charge >= 0.3 is 0 Å². The fraction of sp³-hybridized carbons (Fsp3) is 0.562. The number of amides is 1. The minimum absolute atomic E-state index is 0.0797. The molecule has 0 aromatic heterocycles.